The maximum Gasteiger partial charge on any atom is 0.264 e. The first kappa shape index (κ1) is 18.7. The number of carbonyl (C=O) groups excluding carboxylic acids is 2. The second-order valence-electron chi connectivity index (χ2n) is 5.48. The zero-order valence-electron chi connectivity index (χ0n) is 13.9. The molecule has 25 heavy (non-hydrogen) atoms. The van der Waals surface area contributed by atoms with Crippen LogP contribution in [0.25, 0.3) is 0 Å². The van der Waals surface area contributed by atoms with E-state index in [9.17, 15) is 18.0 Å². The Morgan fingerprint density at radius 1 is 0.960 bits per heavy atom. The summed E-state index contributed by atoms with van der Waals surface area (Å²) < 4.78 is 26.3. The SMILES string of the molecule is CCCCC(=O)NS(=O)(=O)c1ccc(NC(=O)c2ccccc2)cc1. The Kier molecular flexibility index (Phi) is 6.30. The number of nitrogens with one attached hydrogen (secondary N) is 2. The third-order valence-corrected chi connectivity index (χ3v) is 4.85. The Labute approximate surface area is 147 Å². The first-order valence-electron chi connectivity index (χ1n) is 7.94. The lowest BCUT2D eigenvalue weighted by Gasteiger charge is -2.08. The van der Waals surface area contributed by atoms with Crippen LogP contribution >= 0.6 is 0 Å². The molecule has 0 atom stereocenters. The summed E-state index contributed by atoms with van der Waals surface area (Å²) in [5.74, 6) is -0.813. The van der Waals surface area contributed by atoms with Crippen LogP contribution in [0.4, 0.5) is 5.69 Å². The molecule has 7 heteroatoms. The van der Waals surface area contributed by atoms with Crippen molar-refractivity contribution in [2.75, 3.05) is 5.32 Å². The normalized spacial score (nSPS) is 10.9. The van der Waals surface area contributed by atoms with E-state index in [0.717, 1.165) is 6.42 Å². The van der Waals surface area contributed by atoms with Gasteiger partial charge >= 0.3 is 0 Å². The van der Waals surface area contributed by atoms with E-state index in [0.29, 0.717) is 17.7 Å². The molecule has 0 aliphatic heterocycles. The van der Waals surface area contributed by atoms with Gasteiger partial charge in [-0.25, -0.2) is 13.1 Å². The number of amides is 2. The van der Waals surface area contributed by atoms with Crippen molar-refractivity contribution in [3.63, 3.8) is 0 Å². The summed E-state index contributed by atoms with van der Waals surface area (Å²) in [6, 6.07) is 14.3. The predicted molar refractivity (Wildman–Crippen MR) is 95.7 cm³/mol. The van der Waals surface area contributed by atoms with Crippen LogP contribution in [-0.4, -0.2) is 20.2 Å². The Bertz CT molecular complexity index is 831. The molecule has 0 heterocycles. The summed E-state index contributed by atoms with van der Waals surface area (Å²) in [6.45, 7) is 1.92. The molecule has 2 rings (SSSR count). The van der Waals surface area contributed by atoms with Crippen molar-refractivity contribution in [3.05, 3.63) is 60.2 Å². The third kappa shape index (κ3) is 5.42. The van der Waals surface area contributed by atoms with Gasteiger partial charge in [0, 0.05) is 17.7 Å². The van der Waals surface area contributed by atoms with Gasteiger partial charge in [-0.1, -0.05) is 31.5 Å². The van der Waals surface area contributed by atoms with Crippen LogP contribution in [0, 0.1) is 0 Å². The molecule has 2 N–H and O–H groups in total. The summed E-state index contributed by atoms with van der Waals surface area (Å²) in [6.07, 6.45) is 1.61. The van der Waals surface area contributed by atoms with E-state index < -0.39 is 15.9 Å². The standard InChI is InChI=1S/C18H20N2O4S/c1-2-3-9-17(21)20-25(23,24)16-12-10-15(11-13-16)19-18(22)14-7-5-4-6-8-14/h4-8,10-13H,2-3,9H2,1H3,(H,19,22)(H,20,21). The van der Waals surface area contributed by atoms with E-state index >= 15 is 0 Å². The number of unbranched alkanes of at least 4 members (excludes halogenated alkanes) is 1. The van der Waals surface area contributed by atoms with Gasteiger partial charge in [-0.3, -0.25) is 9.59 Å². The number of benzene rings is 2. The summed E-state index contributed by atoms with van der Waals surface area (Å²) in [5.41, 5.74) is 0.965. The molecular weight excluding hydrogens is 340 g/mol. The highest BCUT2D eigenvalue weighted by Gasteiger charge is 2.17. The molecule has 0 fully saturated rings. The van der Waals surface area contributed by atoms with E-state index in [2.05, 4.69) is 5.32 Å². The second-order valence-corrected chi connectivity index (χ2v) is 7.16. The molecule has 132 valence electrons. The van der Waals surface area contributed by atoms with Gasteiger partial charge < -0.3 is 5.32 Å². The van der Waals surface area contributed by atoms with Gasteiger partial charge in [0.25, 0.3) is 15.9 Å². The van der Waals surface area contributed by atoms with Gasteiger partial charge in [-0.05, 0) is 42.8 Å². The molecule has 0 aliphatic rings. The van der Waals surface area contributed by atoms with Gasteiger partial charge in [0.2, 0.25) is 5.91 Å². The highest BCUT2D eigenvalue weighted by atomic mass is 32.2. The Hall–Kier alpha value is -2.67. The van der Waals surface area contributed by atoms with Gasteiger partial charge in [0.1, 0.15) is 0 Å². The first-order valence-corrected chi connectivity index (χ1v) is 9.43. The van der Waals surface area contributed by atoms with Crippen LogP contribution in [-0.2, 0) is 14.8 Å². The minimum absolute atomic E-state index is 0.0324. The number of rotatable bonds is 7. The summed E-state index contributed by atoms with van der Waals surface area (Å²) in [7, 11) is -3.90. The third-order valence-electron chi connectivity index (χ3n) is 3.46. The highest BCUT2D eigenvalue weighted by Crippen LogP contribution is 2.15. The molecule has 2 amide bonds. The molecule has 0 aromatic heterocycles. The number of carbonyl (C=O) groups is 2. The Morgan fingerprint density at radius 3 is 2.20 bits per heavy atom. The van der Waals surface area contributed by atoms with Gasteiger partial charge in [0.15, 0.2) is 0 Å². The van der Waals surface area contributed by atoms with Crippen LogP contribution < -0.4 is 10.0 Å². The van der Waals surface area contributed by atoms with Crippen molar-refractivity contribution >= 4 is 27.5 Å². The van der Waals surface area contributed by atoms with Crippen LogP contribution in [0.2, 0.25) is 0 Å². The maximum absolute atomic E-state index is 12.1. The minimum atomic E-state index is -3.90. The van der Waals surface area contributed by atoms with Crippen molar-refractivity contribution in [1.29, 1.82) is 0 Å². The summed E-state index contributed by atoms with van der Waals surface area (Å²) >= 11 is 0. The molecule has 2 aromatic rings. The molecule has 0 saturated carbocycles. The van der Waals surface area contributed by atoms with Gasteiger partial charge in [-0.15, -0.1) is 0 Å². The zero-order chi connectivity index (χ0) is 18.3. The Morgan fingerprint density at radius 2 is 1.60 bits per heavy atom. The number of hydrogen-bond acceptors (Lipinski definition) is 4. The van der Waals surface area contributed by atoms with E-state index in [-0.39, 0.29) is 17.2 Å². The molecule has 0 unspecified atom stereocenters. The largest absolute Gasteiger partial charge is 0.322 e. The molecule has 2 aromatic carbocycles. The molecule has 0 spiro atoms. The average molecular weight is 360 g/mol. The lowest BCUT2D eigenvalue weighted by Crippen LogP contribution is -2.30. The fraction of sp³-hybridized carbons (Fsp3) is 0.222. The van der Waals surface area contributed by atoms with Crippen LogP contribution in [0.15, 0.2) is 59.5 Å². The fourth-order valence-corrected chi connectivity index (χ4v) is 3.12. The van der Waals surface area contributed by atoms with Crippen molar-refractivity contribution in [3.8, 4) is 0 Å². The number of anilines is 1. The molecule has 6 nitrogen and oxygen atoms in total. The number of sulfonamides is 1. The Balaban J connectivity index is 2.04. The molecular formula is C18H20N2O4S. The predicted octanol–water partition coefficient (Wildman–Crippen LogP) is 2.93. The topological polar surface area (TPSA) is 92.3 Å². The molecule has 0 radical (unpaired) electrons. The molecule has 0 bridgehead atoms. The van der Waals surface area contributed by atoms with E-state index in [1.54, 1.807) is 24.3 Å². The van der Waals surface area contributed by atoms with E-state index in [4.69, 9.17) is 0 Å². The lowest BCUT2D eigenvalue weighted by atomic mass is 10.2. The fourth-order valence-electron chi connectivity index (χ4n) is 2.11. The van der Waals surface area contributed by atoms with E-state index in [1.807, 2.05) is 17.7 Å². The van der Waals surface area contributed by atoms with Crippen LogP contribution in [0.3, 0.4) is 0 Å². The lowest BCUT2D eigenvalue weighted by molar-refractivity contribution is -0.119. The maximum atomic E-state index is 12.1. The second kappa shape index (κ2) is 8.43. The quantitative estimate of drug-likeness (QED) is 0.794. The van der Waals surface area contributed by atoms with Gasteiger partial charge in [-0.2, -0.15) is 0 Å². The van der Waals surface area contributed by atoms with Gasteiger partial charge in [0.05, 0.1) is 4.90 Å². The van der Waals surface area contributed by atoms with E-state index in [1.165, 1.54) is 24.3 Å². The molecule has 0 aliphatic carbocycles. The molecule has 0 saturated heterocycles. The zero-order valence-corrected chi connectivity index (χ0v) is 14.7. The minimum Gasteiger partial charge on any atom is -0.322 e. The highest BCUT2D eigenvalue weighted by molar-refractivity contribution is 7.90. The number of hydrogen-bond donors (Lipinski definition) is 2. The van der Waals surface area contributed by atoms with Crippen LogP contribution in [0.1, 0.15) is 36.5 Å². The van der Waals surface area contributed by atoms with Crippen LogP contribution in [0.5, 0.6) is 0 Å². The van der Waals surface area contributed by atoms with Crippen molar-refractivity contribution < 1.29 is 18.0 Å². The van der Waals surface area contributed by atoms with Crippen molar-refractivity contribution in [1.82, 2.24) is 4.72 Å². The smallest absolute Gasteiger partial charge is 0.264 e. The van der Waals surface area contributed by atoms with Crippen molar-refractivity contribution in [2.45, 2.75) is 31.1 Å². The average Bonchev–Trinajstić information content (AvgIpc) is 2.61. The monoisotopic (exact) mass is 360 g/mol. The summed E-state index contributed by atoms with van der Waals surface area (Å²) in [5, 5.41) is 2.68. The van der Waals surface area contributed by atoms with Crippen molar-refractivity contribution in [2.24, 2.45) is 0 Å². The first-order chi connectivity index (χ1) is 11.9. The summed E-state index contributed by atoms with van der Waals surface area (Å²) in [4.78, 5) is 23.6.